The van der Waals surface area contributed by atoms with Crippen LogP contribution in [0.3, 0.4) is 0 Å². The summed E-state index contributed by atoms with van der Waals surface area (Å²) in [6.45, 7) is 4.15. The van der Waals surface area contributed by atoms with Gasteiger partial charge in [-0.3, -0.25) is 4.79 Å². The van der Waals surface area contributed by atoms with E-state index in [9.17, 15) is 9.59 Å². The van der Waals surface area contributed by atoms with E-state index in [0.29, 0.717) is 32.3 Å². The fourth-order valence-electron chi connectivity index (χ4n) is 3.93. The molecule has 0 spiro atoms. The third kappa shape index (κ3) is 5.37. The molecule has 1 aliphatic heterocycles. The summed E-state index contributed by atoms with van der Waals surface area (Å²) in [6.07, 6.45) is 6.66. The topological polar surface area (TPSA) is 70.7 Å². The number of urea groups is 1. The summed E-state index contributed by atoms with van der Waals surface area (Å²) in [5.41, 5.74) is 0.995. The molecule has 3 rings (SSSR count). The summed E-state index contributed by atoms with van der Waals surface area (Å²) in [5.74, 6) is 0.802. The van der Waals surface area contributed by atoms with Crippen molar-refractivity contribution in [2.24, 2.45) is 5.92 Å². The highest BCUT2D eigenvalue weighted by atomic mass is 16.5. The minimum Gasteiger partial charge on any atom is -0.490 e. The molecule has 1 aromatic carbocycles. The molecule has 1 saturated heterocycles. The van der Waals surface area contributed by atoms with Crippen LogP contribution in [0, 0.1) is 5.92 Å². The summed E-state index contributed by atoms with van der Waals surface area (Å²) in [6, 6.07) is 7.80. The van der Waals surface area contributed by atoms with Gasteiger partial charge in [0, 0.05) is 31.7 Å². The van der Waals surface area contributed by atoms with Crippen LogP contribution in [0.25, 0.3) is 0 Å². The van der Waals surface area contributed by atoms with Crippen LogP contribution in [0.2, 0.25) is 0 Å². The van der Waals surface area contributed by atoms with Gasteiger partial charge >= 0.3 is 6.03 Å². The second-order valence-electron chi connectivity index (χ2n) is 7.47. The normalized spacial score (nSPS) is 20.3. The largest absolute Gasteiger partial charge is 0.490 e. The molecule has 1 aliphatic carbocycles. The lowest BCUT2D eigenvalue weighted by Crippen LogP contribution is -2.48. The number of carbonyl (C=O) groups is 2. The number of nitrogens with zero attached hydrogens (tertiary/aromatic N) is 1. The minimum atomic E-state index is -0.111. The molecule has 2 N–H and O–H groups in total. The quantitative estimate of drug-likeness (QED) is 0.805. The van der Waals surface area contributed by atoms with Gasteiger partial charge in [0.1, 0.15) is 5.75 Å². The average molecular weight is 373 g/mol. The van der Waals surface area contributed by atoms with Crippen LogP contribution >= 0.6 is 0 Å². The van der Waals surface area contributed by atoms with Gasteiger partial charge in [-0.05, 0) is 51.5 Å². The molecule has 27 heavy (non-hydrogen) atoms. The van der Waals surface area contributed by atoms with E-state index in [0.717, 1.165) is 37.0 Å². The van der Waals surface area contributed by atoms with Gasteiger partial charge in [-0.15, -0.1) is 0 Å². The number of hydrogen-bond donors (Lipinski definition) is 2. The Balaban J connectivity index is 1.53. The number of ether oxygens (including phenoxy) is 1. The van der Waals surface area contributed by atoms with Gasteiger partial charge in [-0.25, -0.2) is 4.79 Å². The van der Waals surface area contributed by atoms with E-state index in [4.69, 9.17) is 4.74 Å². The Hall–Kier alpha value is -2.24. The summed E-state index contributed by atoms with van der Waals surface area (Å²) in [7, 11) is 0. The van der Waals surface area contributed by atoms with Crippen LogP contribution < -0.4 is 15.4 Å². The van der Waals surface area contributed by atoms with Crippen LogP contribution in [-0.4, -0.2) is 42.6 Å². The number of rotatable bonds is 6. The minimum absolute atomic E-state index is 0.0466. The standard InChI is InChI=1S/C21H31N3O3/c1-2-22-20(25)17-9-7-13-24(15-17)21(26)23-14-16-8-3-6-12-19(16)27-18-10-4-5-11-18/h3,6,8,12,17-18H,2,4-5,7,9-11,13-15H2,1H3,(H,22,25)(H,23,26). The van der Waals surface area contributed by atoms with E-state index < -0.39 is 0 Å². The summed E-state index contributed by atoms with van der Waals surface area (Å²) in [5, 5.41) is 5.86. The summed E-state index contributed by atoms with van der Waals surface area (Å²) >= 11 is 0. The van der Waals surface area contributed by atoms with E-state index in [-0.39, 0.29) is 17.9 Å². The molecule has 6 heteroatoms. The van der Waals surface area contributed by atoms with Crippen molar-refractivity contribution in [2.75, 3.05) is 19.6 Å². The van der Waals surface area contributed by atoms with E-state index in [2.05, 4.69) is 10.6 Å². The molecule has 148 valence electrons. The maximum atomic E-state index is 12.6. The number of likely N-dealkylation sites (tertiary alicyclic amines) is 1. The average Bonchev–Trinajstić information content (AvgIpc) is 3.20. The van der Waals surface area contributed by atoms with Gasteiger partial charge in [-0.2, -0.15) is 0 Å². The molecule has 1 heterocycles. The summed E-state index contributed by atoms with van der Waals surface area (Å²) in [4.78, 5) is 26.4. The number of carbonyl (C=O) groups excluding carboxylic acids is 2. The van der Waals surface area contributed by atoms with Gasteiger partial charge in [0.2, 0.25) is 5.91 Å². The monoisotopic (exact) mass is 373 g/mol. The van der Waals surface area contributed by atoms with Crippen molar-refractivity contribution in [1.29, 1.82) is 0 Å². The lowest BCUT2D eigenvalue weighted by molar-refractivity contribution is -0.126. The molecular weight excluding hydrogens is 342 g/mol. The second-order valence-corrected chi connectivity index (χ2v) is 7.47. The molecule has 1 unspecified atom stereocenters. The fourth-order valence-corrected chi connectivity index (χ4v) is 3.93. The molecule has 1 saturated carbocycles. The second kappa shape index (κ2) is 9.62. The van der Waals surface area contributed by atoms with Crippen LogP contribution in [0.1, 0.15) is 51.0 Å². The predicted molar refractivity (Wildman–Crippen MR) is 105 cm³/mol. The molecule has 2 fully saturated rings. The van der Waals surface area contributed by atoms with E-state index in [1.807, 2.05) is 31.2 Å². The molecule has 0 aromatic heterocycles. The first-order chi connectivity index (χ1) is 13.2. The van der Waals surface area contributed by atoms with Crippen LogP contribution in [0.15, 0.2) is 24.3 Å². The van der Waals surface area contributed by atoms with Crippen molar-refractivity contribution >= 4 is 11.9 Å². The molecule has 0 bridgehead atoms. The number of hydrogen-bond acceptors (Lipinski definition) is 3. The van der Waals surface area contributed by atoms with Gasteiger partial charge in [-0.1, -0.05) is 18.2 Å². The first-order valence-electron chi connectivity index (χ1n) is 10.2. The molecule has 3 amide bonds. The Kier molecular flexibility index (Phi) is 6.96. The van der Waals surface area contributed by atoms with Gasteiger partial charge < -0.3 is 20.3 Å². The first-order valence-corrected chi connectivity index (χ1v) is 10.2. The maximum Gasteiger partial charge on any atom is 0.317 e. The van der Waals surface area contributed by atoms with Crippen molar-refractivity contribution < 1.29 is 14.3 Å². The highest BCUT2D eigenvalue weighted by Gasteiger charge is 2.28. The molecule has 0 radical (unpaired) electrons. The Labute approximate surface area is 161 Å². The first kappa shape index (κ1) is 19.5. The fraction of sp³-hybridized carbons (Fsp3) is 0.619. The third-order valence-electron chi connectivity index (χ3n) is 5.43. The van der Waals surface area contributed by atoms with Gasteiger partial charge in [0.15, 0.2) is 0 Å². The van der Waals surface area contributed by atoms with Gasteiger partial charge in [0.25, 0.3) is 0 Å². The van der Waals surface area contributed by atoms with Crippen LogP contribution in [0.4, 0.5) is 4.79 Å². The van der Waals surface area contributed by atoms with Crippen molar-refractivity contribution in [3.63, 3.8) is 0 Å². The Morgan fingerprint density at radius 1 is 1.11 bits per heavy atom. The lowest BCUT2D eigenvalue weighted by atomic mass is 9.97. The van der Waals surface area contributed by atoms with Crippen molar-refractivity contribution in [2.45, 2.75) is 58.1 Å². The van der Waals surface area contributed by atoms with Gasteiger partial charge in [0.05, 0.1) is 12.0 Å². The Morgan fingerprint density at radius 2 is 1.89 bits per heavy atom. The van der Waals surface area contributed by atoms with E-state index >= 15 is 0 Å². The van der Waals surface area contributed by atoms with Crippen molar-refractivity contribution in [3.05, 3.63) is 29.8 Å². The predicted octanol–water partition coefficient (Wildman–Crippen LogP) is 3.07. The third-order valence-corrected chi connectivity index (χ3v) is 5.43. The molecular formula is C21H31N3O3. The van der Waals surface area contributed by atoms with Crippen molar-refractivity contribution in [3.8, 4) is 5.75 Å². The number of benzene rings is 1. The molecule has 1 aromatic rings. The lowest BCUT2D eigenvalue weighted by Gasteiger charge is -2.32. The van der Waals surface area contributed by atoms with Crippen molar-refractivity contribution in [1.82, 2.24) is 15.5 Å². The zero-order valence-corrected chi connectivity index (χ0v) is 16.2. The SMILES string of the molecule is CCNC(=O)C1CCCN(C(=O)NCc2ccccc2OC2CCCC2)C1. The zero-order valence-electron chi connectivity index (χ0n) is 16.2. The number of nitrogens with one attached hydrogen (secondary N) is 2. The van der Waals surface area contributed by atoms with Crippen LogP contribution in [-0.2, 0) is 11.3 Å². The highest BCUT2D eigenvalue weighted by Crippen LogP contribution is 2.26. The number of piperidine rings is 1. The molecule has 2 aliphatic rings. The Bertz CT molecular complexity index is 643. The number of para-hydroxylation sites is 1. The van der Waals surface area contributed by atoms with E-state index in [1.54, 1.807) is 4.90 Å². The summed E-state index contributed by atoms with van der Waals surface area (Å²) < 4.78 is 6.14. The maximum absolute atomic E-state index is 12.6. The molecule has 1 atom stereocenters. The molecule has 6 nitrogen and oxygen atoms in total. The Morgan fingerprint density at radius 3 is 2.67 bits per heavy atom. The van der Waals surface area contributed by atoms with E-state index in [1.165, 1.54) is 12.8 Å². The zero-order chi connectivity index (χ0) is 19.1. The smallest absolute Gasteiger partial charge is 0.317 e. The van der Waals surface area contributed by atoms with Crippen LogP contribution in [0.5, 0.6) is 5.75 Å². The highest BCUT2D eigenvalue weighted by molar-refractivity contribution is 5.80. The number of amides is 3.